The van der Waals surface area contributed by atoms with E-state index in [0.29, 0.717) is 6.42 Å². The average molecular weight is 266 g/mol. The summed E-state index contributed by atoms with van der Waals surface area (Å²) in [7, 11) is 0. The lowest BCUT2D eigenvalue weighted by atomic mass is 10.1. The van der Waals surface area contributed by atoms with Gasteiger partial charge in [0.15, 0.2) is 5.82 Å². The lowest BCUT2D eigenvalue weighted by molar-refractivity contribution is 0.0946. The number of H-pyrrole nitrogens is 1. The molecule has 0 aliphatic rings. The molecular formula is C12H12F2N4O. The Balaban J connectivity index is 2.02. The van der Waals surface area contributed by atoms with Gasteiger partial charge in [0.25, 0.3) is 5.91 Å². The van der Waals surface area contributed by atoms with Crippen molar-refractivity contribution >= 4 is 11.6 Å². The van der Waals surface area contributed by atoms with Crippen molar-refractivity contribution in [2.24, 2.45) is 0 Å². The Morgan fingerprint density at radius 2 is 2.21 bits per heavy atom. The van der Waals surface area contributed by atoms with E-state index in [1.54, 1.807) is 6.20 Å². The first-order valence-corrected chi connectivity index (χ1v) is 5.58. The number of hydrogen-bond donors (Lipinski definition) is 3. The van der Waals surface area contributed by atoms with Gasteiger partial charge in [-0.15, -0.1) is 0 Å². The normalized spacial score (nSPS) is 10.4. The number of aromatic amines is 1. The smallest absolute Gasteiger partial charge is 0.257 e. The van der Waals surface area contributed by atoms with Crippen LogP contribution < -0.4 is 11.1 Å². The summed E-state index contributed by atoms with van der Waals surface area (Å²) in [5.74, 6) is -2.81. The van der Waals surface area contributed by atoms with Crippen molar-refractivity contribution in [2.45, 2.75) is 6.42 Å². The van der Waals surface area contributed by atoms with Gasteiger partial charge in [0, 0.05) is 24.9 Å². The number of nitrogen functional groups attached to an aromatic ring is 1. The number of nitrogens with zero attached hydrogens (tertiary/aromatic N) is 1. The van der Waals surface area contributed by atoms with Crippen LogP contribution in [0.3, 0.4) is 0 Å². The number of anilines is 1. The van der Waals surface area contributed by atoms with Crippen LogP contribution in [0.25, 0.3) is 0 Å². The van der Waals surface area contributed by atoms with Crippen LogP contribution in [0.1, 0.15) is 16.1 Å². The standard InChI is InChI=1S/C12H12F2N4O/c13-8-1-2-9(15)11(14)10(8)12(19)17-4-3-7-5-16-6-18-7/h1-2,5-6H,3-4,15H2,(H,16,18)(H,17,19). The molecule has 5 nitrogen and oxygen atoms in total. The van der Waals surface area contributed by atoms with Gasteiger partial charge in [0.05, 0.1) is 12.0 Å². The minimum absolute atomic E-state index is 0.231. The predicted molar refractivity (Wildman–Crippen MR) is 65.4 cm³/mol. The summed E-state index contributed by atoms with van der Waals surface area (Å²) in [5.41, 5.74) is 5.19. The maximum Gasteiger partial charge on any atom is 0.257 e. The van der Waals surface area contributed by atoms with E-state index in [9.17, 15) is 13.6 Å². The maximum absolute atomic E-state index is 13.6. The monoisotopic (exact) mass is 266 g/mol. The number of imidazole rings is 1. The molecule has 7 heteroatoms. The number of aromatic nitrogens is 2. The molecule has 1 amide bonds. The minimum atomic E-state index is -1.04. The van der Waals surface area contributed by atoms with Crippen molar-refractivity contribution < 1.29 is 13.6 Å². The minimum Gasteiger partial charge on any atom is -0.396 e. The highest BCUT2D eigenvalue weighted by atomic mass is 19.1. The van der Waals surface area contributed by atoms with Crippen LogP contribution in [-0.2, 0) is 6.42 Å². The van der Waals surface area contributed by atoms with Gasteiger partial charge in [-0.2, -0.15) is 0 Å². The third kappa shape index (κ3) is 2.87. The molecule has 0 spiro atoms. The van der Waals surface area contributed by atoms with E-state index in [0.717, 1.165) is 17.8 Å². The molecule has 0 unspecified atom stereocenters. The second-order valence-corrected chi connectivity index (χ2v) is 3.91. The Morgan fingerprint density at radius 3 is 2.89 bits per heavy atom. The van der Waals surface area contributed by atoms with Crippen molar-refractivity contribution in [1.29, 1.82) is 0 Å². The number of nitrogens with one attached hydrogen (secondary N) is 2. The molecule has 2 aromatic rings. The molecule has 1 aromatic carbocycles. The molecular weight excluding hydrogens is 254 g/mol. The topological polar surface area (TPSA) is 83.8 Å². The van der Waals surface area contributed by atoms with Crippen LogP contribution >= 0.6 is 0 Å². The van der Waals surface area contributed by atoms with Crippen LogP contribution in [0.15, 0.2) is 24.7 Å². The third-order valence-corrected chi connectivity index (χ3v) is 2.58. The fourth-order valence-electron chi connectivity index (χ4n) is 1.60. The highest BCUT2D eigenvalue weighted by Gasteiger charge is 2.19. The molecule has 0 saturated heterocycles. The van der Waals surface area contributed by atoms with Crippen molar-refractivity contribution in [3.8, 4) is 0 Å². The van der Waals surface area contributed by atoms with Crippen LogP contribution in [-0.4, -0.2) is 22.4 Å². The maximum atomic E-state index is 13.6. The van der Waals surface area contributed by atoms with Crippen LogP contribution in [0.4, 0.5) is 14.5 Å². The largest absolute Gasteiger partial charge is 0.396 e. The van der Waals surface area contributed by atoms with E-state index in [4.69, 9.17) is 5.73 Å². The third-order valence-electron chi connectivity index (χ3n) is 2.58. The number of carbonyl (C=O) groups excluding carboxylic acids is 1. The van der Waals surface area contributed by atoms with Crippen molar-refractivity contribution in [1.82, 2.24) is 15.3 Å². The molecule has 0 saturated carbocycles. The van der Waals surface area contributed by atoms with Gasteiger partial charge < -0.3 is 16.0 Å². The number of amides is 1. The molecule has 0 aliphatic carbocycles. The number of rotatable bonds is 4. The number of halogens is 2. The first kappa shape index (κ1) is 13.0. The Morgan fingerprint density at radius 1 is 1.42 bits per heavy atom. The highest BCUT2D eigenvalue weighted by molar-refractivity contribution is 5.95. The number of benzene rings is 1. The Kier molecular flexibility index (Phi) is 3.74. The van der Waals surface area contributed by atoms with Gasteiger partial charge in [-0.1, -0.05) is 0 Å². The summed E-state index contributed by atoms with van der Waals surface area (Å²) in [6.07, 6.45) is 3.60. The zero-order valence-corrected chi connectivity index (χ0v) is 9.91. The van der Waals surface area contributed by atoms with Gasteiger partial charge in [0.1, 0.15) is 11.4 Å². The summed E-state index contributed by atoms with van der Waals surface area (Å²) in [6, 6.07) is 2.04. The Bertz CT molecular complexity index is 584. The second kappa shape index (κ2) is 5.47. The molecule has 4 N–H and O–H groups in total. The summed E-state index contributed by atoms with van der Waals surface area (Å²) < 4.78 is 27.0. The molecule has 0 bridgehead atoms. The molecule has 0 aliphatic heterocycles. The molecule has 0 atom stereocenters. The van der Waals surface area contributed by atoms with Crippen LogP contribution in [0.5, 0.6) is 0 Å². The summed E-state index contributed by atoms with van der Waals surface area (Å²) >= 11 is 0. The van der Waals surface area contributed by atoms with E-state index >= 15 is 0 Å². The van der Waals surface area contributed by atoms with E-state index in [1.165, 1.54) is 6.33 Å². The predicted octanol–water partition coefficient (Wildman–Crippen LogP) is 1.24. The van der Waals surface area contributed by atoms with Crippen LogP contribution in [0, 0.1) is 11.6 Å². The second-order valence-electron chi connectivity index (χ2n) is 3.91. The molecule has 0 fully saturated rings. The van der Waals surface area contributed by atoms with Crippen molar-refractivity contribution in [3.63, 3.8) is 0 Å². The van der Waals surface area contributed by atoms with Crippen molar-refractivity contribution in [2.75, 3.05) is 12.3 Å². The zero-order valence-electron chi connectivity index (χ0n) is 9.91. The van der Waals surface area contributed by atoms with Gasteiger partial charge in [0.2, 0.25) is 0 Å². The average Bonchev–Trinajstić information content (AvgIpc) is 2.87. The van der Waals surface area contributed by atoms with Gasteiger partial charge >= 0.3 is 0 Å². The number of hydrogen-bond acceptors (Lipinski definition) is 3. The van der Waals surface area contributed by atoms with Gasteiger partial charge in [-0.05, 0) is 12.1 Å². The first-order chi connectivity index (χ1) is 9.09. The molecule has 0 radical (unpaired) electrons. The van der Waals surface area contributed by atoms with Gasteiger partial charge in [-0.25, -0.2) is 13.8 Å². The van der Waals surface area contributed by atoms with E-state index in [2.05, 4.69) is 15.3 Å². The summed E-state index contributed by atoms with van der Waals surface area (Å²) in [6.45, 7) is 0.231. The van der Waals surface area contributed by atoms with Crippen molar-refractivity contribution in [3.05, 3.63) is 47.5 Å². The number of nitrogens with two attached hydrogens (primary N) is 1. The Hall–Kier alpha value is -2.44. The molecule has 100 valence electrons. The highest BCUT2D eigenvalue weighted by Crippen LogP contribution is 2.18. The van der Waals surface area contributed by atoms with Gasteiger partial charge in [-0.3, -0.25) is 4.79 Å². The zero-order chi connectivity index (χ0) is 13.8. The fourth-order valence-corrected chi connectivity index (χ4v) is 1.60. The molecule has 1 aromatic heterocycles. The molecule has 19 heavy (non-hydrogen) atoms. The van der Waals surface area contributed by atoms with E-state index in [1.807, 2.05) is 0 Å². The summed E-state index contributed by atoms with van der Waals surface area (Å²) in [4.78, 5) is 18.4. The quantitative estimate of drug-likeness (QED) is 0.728. The Labute approximate surface area is 107 Å². The number of carbonyl (C=O) groups is 1. The SMILES string of the molecule is Nc1ccc(F)c(C(=O)NCCc2cnc[nH]2)c1F. The lowest BCUT2D eigenvalue weighted by Crippen LogP contribution is -2.28. The van der Waals surface area contributed by atoms with E-state index < -0.39 is 23.1 Å². The van der Waals surface area contributed by atoms with Crippen LogP contribution in [0.2, 0.25) is 0 Å². The molecule has 1 heterocycles. The van der Waals surface area contributed by atoms with E-state index in [-0.39, 0.29) is 12.2 Å². The molecule has 2 rings (SSSR count). The lowest BCUT2D eigenvalue weighted by Gasteiger charge is -2.07. The summed E-state index contributed by atoms with van der Waals surface area (Å²) in [5, 5.41) is 2.42. The fraction of sp³-hybridized carbons (Fsp3) is 0.167. The first-order valence-electron chi connectivity index (χ1n) is 5.58.